The van der Waals surface area contributed by atoms with Gasteiger partial charge in [-0.15, -0.1) is 0 Å². The summed E-state index contributed by atoms with van der Waals surface area (Å²) in [4.78, 5) is 24.8. The van der Waals surface area contributed by atoms with Gasteiger partial charge in [-0.05, 0) is 54.9 Å². The van der Waals surface area contributed by atoms with E-state index < -0.39 is 29.0 Å². The number of ketones is 1. The maximum absolute atomic E-state index is 14.1. The molecule has 0 radical (unpaired) electrons. The Labute approximate surface area is 172 Å². The first kappa shape index (κ1) is 22.1. The molecule has 2 N–H and O–H groups in total. The van der Waals surface area contributed by atoms with Crippen molar-refractivity contribution in [2.24, 2.45) is 11.3 Å². The van der Waals surface area contributed by atoms with Crippen LogP contribution in [0.25, 0.3) is 0 Å². The number of fused-ring (bicyclic) bond motifs is 1. The van der Waals surface area contributed by atoms with Gasteiger partial charge in [0.1, 0.15) is 5.78 Å². The van der Waals surface area contributed by atoms with Crippen molar-refractivity contribution in [2.45, 2.75) is 70.9 Å². The van der Waals surface area contributed by atoms with Crippen LogP contribution >= 0.6 is 11.6 Å². The largest absolute Gasteiger partial charge is 0.417 e. The Bertz CT molecular complexity index is 816. The molecule has 1 aromatic carbocycles. The van der Waals surface area contributed by atoms with E-state index in [-0.39, 0.29) is 41.2 Å². The smallest absolute Gasteiger partial charge is 0.299 e. The first-order valence-electron chi connectivity index (χ1n) is 9.94. The van der Waals surface area contributed by atoms with E-state index in [0.717, 1.165) is 19.3 Å². The molecule has 1 aromatic rings. The van der Waals surface area contributed by atoms with Crippen LogP contribution in [-0.4, -0.2) is 16.9 Å². The molecule has 0 spiro atoms. The summed E-state index contributed by atoms with van der Waals surface area (Å²) in [6.45, 7) is 1.83. The summed E-state index contributed by atoms with van der Waals surface area (Å²) < 4.78 is 42.3. The van der Waals surface area contributed by atoms with Gasteiger partial charge in [0.25, 0.3) is 0 Å². The minimum Gasteiger partial charge on any atom is -0.299 e. The summed E-state index contributed by atoms with van der Waals surface area (Å²) >= 11 is 6.26. The predicted molar refractivity (Wildman–Crippen MR) is 102 cm³/mol. The van der Waals surface area contributed by atoms with E-state index in [0.29, 0.717) is 24.8 Å². The highest BCUT2D eigenvalue weighted by Gasteiger charge is 2.42. The van der Waals surface area contributed by atoms with Crippen LogP contribution < -0.4 is 5.48 Å². The topological polar surface area (TPSA) is 66.4 Å². The number of nitrogens with one attached hydrogen (secondary N) is 1. The Balaban J connectivity index is 2.03. The Morgan fingerprint density at radius 3 is 2.52 bits per heavy atom. The summed E-state index contributed by atoms with van der Waals surface area (Å²) in [6, 6.07) is 1.50. The van der Waals surface area contributed by atoms with Crippen molar-refractivity contribution in [3.63, 3.8) is 0 Å². The lowest BCUT2D eigenvalue weighted by Gasteiger charge is -2.33. The second kappa shape index (κ2) is 8.26. The van der Waals surface area contributed by atoms with Gasteiger partial charge in [0.05, 0.1) is 5.56 Å². The number of halogens is 4. The van der Waals surface area contributed by atoms with Crippen molar-refractivity contribution in [2.75, 3.05) is 0 Å². The van der Waals surface area contributed by atoms with Crippen LogP contribution in [-0.2, 0) is 35.0 Å². The third-order valence-electron chi connectivity index (χ3n) is 6.53. The van der Waals surface area contributed by atoms with Gasteiger partial charge in [-0.25, -0.2) is 5.48 Å². The molecule has 0 bridgehead atoms. The van der Waals surface area contributed by atoms with E-state index in [1.54, 1.807) is 0 Å². The van der Waals surface area contributed by atoms with E-state index in [1.807, 2.05) is 6.92 Å². The van der Waals surface area contributed by atoms with Gasteiger partial charge in [0.15, 0.2) is 0 Å². The number of hydroxylamine groups is 1. The van der Waals surface area contributed by atoms with Crippen molar-refractivity contribution in [3.8, 4) is 0 Å². The zero-order valence-electron chi connectivity index (χ0n) is 16.3. The molecule has 0 saturated heterocycles. The lowest BCUT2D eigenvalue weighted by atomic mass is 9.70. The number of amides is 1. The molecule has 160 valence electrons. The Morgan fingerprint density at radius 2 is 1.93 bits per heavy atom. The minimum absolute atomic E-state index is 0.0124. The van der Waals surface area contributed by atoms with E-state index in [9.17, 15) is 22.8 Å². The fourth-order valence-corrected chi connectivity index (χ4v) is 5.03. The second-order valence-electron chi connectivity index (χ2n) is 8.48. The van der Waals surface area contributed by atoms with Gasteiger partial charge in [-0.3, -0.25) is 14.8 Å². The number of rotatable bonds is 4. The van der Waals surface area contributed by atoms with Gasteiger partial charge in [-0.1, -0.05) is 37.8 Å². The fourth-order valence-electron chi connectivity index (χ4n) is 4.74. The lowest BCUT2D eigenvalue weighted by Crippen LogP contribution is -2.34. The Morgan fingerprint density at radius 1 is 1.28 bits per heavy atom. The molecule has 8 heteroatoms. The quantitative estimate of drug-likeness (QED) is 0.517. The molecule has 2 aliphatic rings. The van der Waals surface area contributed by atoms with Crippen LogP contribution in [0, 0.1) is 11.3 Å². The zero-order valence-corrected chi connectivity index (χ0v) is 17.1. The van der Waals surface area contributed by atoms with E-state index >= 15 is 0 Å². The summed E-state index contributed by atoms with van der Waals surface area (Å²) in [7, 11) is 0. The maximum Gasteiger partial charge on any atom is 0.417 e. The first-order chi connectivity index (χ1) is 13.6. The summed E-state index contributed by atoms with van der Waals surface area (Å²) in [5.41, 5.74) is 0.284. The maximum atomic E-state index is 14.1. The highest BCUT2D eigenvalue weighted by atomic mass is 35.5. The molecule has 2 aliphatic carbocycles. The number of hydrogen-bond acceptors (Lipinski definition) is 3. The SMILES string of the molecule is CC1(C(=O)Cc2c(Cl)cc3c(c2C(F)(F)F)CC(C(=O)NO)CC3)CCCCC1. The Kier molecular flexibility index (Phi) is 6.30. The number of carbonyl (C=O) groups is 2. The van der Waals surface area contributed by atoms with E-state index in [1.165, 1.54) is 11.5 Å². The zero-order chi connectivity index (χ0) is 21.4. The van der Waals surface area contributed by atoms with Crippen molar-refractivity contribution in [1.82, 2.24) is 5.48 Å². The molecular formula is C21H25ClF3NO3. The van der Waals surface area contributed by atoms with E-state index in [4.69, 9.17) is 16.8 Å². The summed E-state index contributed by atoms with van der Waals surface area (Å²) in [5, 5.41) is 8.82. The highest BCUT2D eigenvalue weighted by Crippen LogP contribution is 2.44. The average Bonchev–Trinajstić information content (AvgIpc) is 2.67. The molecule has 0 aliphatic heterocycles. The van der Waals surface area contributed by atoms with Gasteiger partial charge in [-0.2, -0.15) is 13.2 Å². The molecule has 29 heavy (non-hydrogen) atoms. The van der Waals surface area contributed by atoms with Crippen molar-refractivity contribution >= 4 is 23.3 Å². The molecule has 0 heterocycles. The number of alkyl halides is 3. The molecule has 3 rings (SSSR count). The minimum atomic E-state index is -4.70. The van der Waals surface area contributed by atoms with Crippen molar-refractivity contribution < 1.29 is 28.0 Å². The molecular weight excluding hydrogens is 407 g/mol. The lowest BCUT2D eigenvalue weighted by molar-refractivity contribution is -0.140. The number of carbonyl (C=O) groups excluding carboxylic acids is 2. The first-order valence-corrected chi connectivity index (χ1v) is 10.3. The fraction of sp³-hybridized carbons (Fsp3) is 0.619. The second-order valence-corrected chi connectivity index (χ2v) is 8.89. The molecule has 0 aromatic heterocycles. The molecule has 1 atom stereocenters. The standard InChI is InChI=1S/C21H25ClF3NO3/c1-20(7-3-2-4-8-20)17(27)11-15-16(22)10-12-5-6-13(19(28)26-29)9-14(12)18(15)21(23,24)25/h10,13,29H,2-9,11H2,1H3,(H,26,28). The van der Waals surface area contributed by atoms with Gasteiger partial charge < -0.3 is 0 Å². The van der Waals surface area contributed by atoms with Crippen LogP contribution in [0.3, 0.4) is 0 Å². The summed E-state index contributed by atoms with van der Waals surface area (Å²) in [5.74, 6) is -1.68. The van der Waals surface area contributed by atoms with Gasteiger partial charge in [0.2, 0.25) is 5.91 Å². The molecule has 1 unspecified atom stereocenters. The van der Waals surface area contributed by atoms with Crippen LogP contribution in [0.1, 0.15) is 67.7 Å². The van der Waals surface area contributed by atoms with E-state index in [2.05, 4.69) is 0 Å². The highest BCUT2D eigenvalue weighted by molar-refractivity contribution is 6.31. The average molecular weight is 432 g/mol. The predicted octanol–water partition coefficient (Wildman–Crippen LogP) is 5.05. The Hall–Kier alpha value is -1.60. The van der Waals surface area contributed by atoms with Crippen molar-refractivity contribution in [1.29, 1.82) is 0 Å². The van der Waals surface area contributed by atoms with Gasteiger partial charge >= 0.3 is 6.18 Å². The summed E-state index contributed by atoms with van der Waals surface area (Å²) in [6.07, 6.45) is -0.469. The monoisotopic (exact) mass is 431 g/mol. The molecule has 1 saturated carbocycles. The molecule has 4 nitrogen and oxygen atoms in total. The normalized spacial score (nSPS) is 21.4. The molecule has 1 amide bonds. The van der Waals surface area contributed by atoms with Crippen LogP contribution in [0.2, 0.25) is 5.02 Å². The van der Waals surface area contributed by atoms with Crippen molar-refractivity contribution in [3.05, 3.63) is 33.3 Å². The third kappa shape index (κ3) is 4.45. The molecule has 1 fully saturated rings. The third-order valence-corrected chi connectivity index (χ3v) is 6.86. The number of hydrogen-bond donors (Lipinski definition) is 2. The number of benzene rings is 1. The van der Waals surface area contributed by atoms with Crippen LogP contribution in [0.5, 0.6) is 0 Å². The van der Waals surface area contributed by atoms with Crippen LogP contribution in [0.4, 0.5) is 13.2 Å². The number of aryl methyl sites for hydroxylation is 1. The van der Waals surface area contributed by atoms with Crippen LogP contribution in [0.15, 0.2) is 6.07 Å². The number of Topliss-reactive ketones (excluding diaryl/α,β-unsaturated/α-hetero) is 1. The van der Waals surface area contributed by atoms with Gasteiger partial charge in [0, 0.05) is 22.8 Å².